The van der Waals surface area contributed by atoms with E-state index in [0.29, 0.717) is 29.3 Å². The monoisotopic (exact) mass is 320 g/mol. The first kappa shape index (κ1) is 14.7. The third-order valence-corrected chi connectivity index (χ3v) is 3.77. The first-order chi connectivity index (χ1) is 10.6. The molecule has 0 amide bonds. The maximum Gasteiger partial charge on any atom is 0.223 e. The normalized spacial score (nSPS) is 13.9. The summed E-state index contributed by atoms with van der Waals surface area (Å²) >= 11 is 5.98. The largest absolute Gasteiger partial charge is 0.504 e. The minimum absolute atomic E-state index is 0.124. The maximum atomic E-state index is 9.69. The van der Waals surface area contributed by atoms with E-state index in [2.05, 4.69) is 14.9 Å². The highest BCUT2D eigenvalue weighted by atomic mass is 35.5. The predicted molar refractivity (Wildman–Crippen MR) is 85.3 cm³/mol. The van der Waals surface area contributed by atoms with E-state index in [4.69, 9.17) is 22.1 Å². The standard InChI is InChI=1S/C15H17ClN4O2/c1-22-12-6-9(2-5-11(12)21)8-20(10-3-4-10)14-7-13(16)18-15(17)19-14/h2,5-7,10,21H,3-4,8H2,1H3,(H2,17,18,19). The van der Waals surface area contributed by atoms with Crippen molar-refractivity contribution in [1.29, 1.82) is 0 Å². The van der Waals surface area contributed by atoms with Gasteiger partial charge in [0, 0.05) is 18.7 Å². The summed E-state index contributed by atoms with van der Waals surface area (Å²) in [4.78, 5) is 10.3. The number of ether oxygens (including phenoxy) is 1. The third kappa shape index (κ3) is 3.17. The Hall–Kier alpha value is -2.21. The Morgan fingerprint density at radius 1 is 1.36 bits per heavy atom. The summed E-state index contributed by atoms with van der Waals surface area (Å²) < 4.78 is 5.15. The molecule has 0 unspecified atom stereocenters. The maximum absolute atomic E-state index is 9.69. The molecular weight excluding hydrogens is 304 g/mol. The fourth-order valence-corrected chi connectivity index (χ4v) is 2.55. The number of phenolic OH excluding ortho intramolecular Hbond substituents is 1. The van der Waals surface area contributed by atoms with E-state index in [0.717, 1.165) is 18.4 Å². The number of hydrogen-bond donors (Lipinski definition) is 2. The molecule has 0 aliphatic heterocycles. The van der Waals surface area contributed by atoms with Crippen LogP contribution in [0.5, 0.6) is 11.5 Å². The molecule has 1 saturated carbocycles. The van der Waals surface area contributed by atoms with E-state index < -0.39 is 0 Å². The van der Waals surface area contributed by atoms with Gasteiger partial charge in [0.05, 0.1) is 7.11 Å². The Labute approximate surface area is 133 Å². The van der Waals surface area contributed by atoms with Crippen molar-refractivity contribution >= 4 is 23.4 Å². The number of nitrogen functional groups attached to an aromatic ring is 1. The van der Waals surface area contributed by atoms with Crippen LogP contribution in [0.15, 0.2) is 24.3 Å². The van der Waals surface area contributed by atoms with Crippen LogP contribution in [0.4, 0.5) is 11.8 Å². The van der Waals surface area contributed by atoms with Crippen molar-refractivity contribution in [2.24, 2.45) is 0 Å². The van der Waals surface area contributed by atoms with Crippen molar-refractivity contribution in [3.8, 4) is 11.5 Å². The van der Waals surface area contributed by atoms with Crippen molar-refractivity contribution in [3.05, 3.63) is 35.0 Å². The molecule has 0 saturated heterocycles. The van der Waals surface area contributed by atoms with Gasteiger partial charge in [-0.15, -0.1) is 0 Å². The molecule has 3 N–H and O–H groups in total. The minimum atomic E-state index is 0.124. The van der Waals surface area contributed by atoms with Crippen LogP contribution in [-0.4, -0.2) is 28.2 Å². The average Bonchev–Trinajstić information content (AvgIpc) is 3.29. The number of aromatic nitrogens is 2. The first-order valence-corrected chi connectivity index (χ1v) is 7.37. The van der Waals surface area contributed by atoms with Gasteiger partial charge in [0.25, 0.3) is 0 Å². The lowest BCUT2D eigenvalue weighted by Crippen LogP contribution is -2.26. The fraction of sp³-hybridized carbons (Fsp3) is 0.333. The molecule has 0 radical (unpaired) electrons. The summed E-state index contributed by atoms with van der Waals surface area (Å²) in [7, 11) is 1.53. The van der Waals surface area contributed by atoms with E-state index in [9.17, 15) is 5.11 Å². The van der Waals surface area contributed by atoms with Crippen LogP contribution in [-0.2, 0) is 6.54 Å². The smallest absolute Gasteiger partial charge is 0.223 e. The van der Waals surface area contributed by atoms with Crippen LogP contribution in [0.25, 0.3) is 0 Å². The highest BCUT2D eigenvalue weighted by molar-refractivity contribution is 6.29. The molecule has 22 heavy (non-hydrogen) atoms. The van der Waals surface area contributed by atoms with Crippen molar-refractivity contribution in [2.75, 3.05) is 17.7 Å². The molecule has 1 heterocycles. The quantitative estimate of drug-likeness (QED) is 0.824. The zero-order chi connectivity index (χ0) is 15.7. The summed E-state index contributed by atoms with van der Waals surface area (Å²) in [6.07, 6.45) is 2.22. The van der Waals surface area contributed by atoms with Crippen molar-refractivity contribution in [2.45, 2.75) is 25.4 Å². The number of rotatable bonds is 5. The van der Waals surface area contributed by atoms with Gasteiger partial charge in [0.2, 0.25) is 5.95 Å². The highest BCUT2D eigenvalue weighted by Crippen LogP contribution is 2.34. The van der Waals surface area contributed by atoms with Gasteiger partial charge >= 0.3 is 0 Å². The summed E-state index contributed by atoms with van der Waals surface area (Å²) in [6.45, 7) is 0.633. The second-order valence-corrected chi connectivity index (χ2v) is 5.66. The number of phenols is 1. The van der Waals surface area contributed by atoms with Crippen LogP contribution >= 0.6 is 11.6 Å². The molecule has 7 heteroatoms. The molecule has 116 valence electrons. The Morgan fingerprint density at radius 2 is 2.14 bits per heavy atom. The molecular formula is C15H17ClN4O2. The molecule has 0 atom stereocenters. The number of benzene rings is 1. The van der Waals surface area contributed by atoms with Crippen LogP contribution in [0, 0.1) is 0 Å². The Bertz CT molecular complexity index is 671. The molecule has 1 fully saturated rings. The molecule has 6 nitrogen and oxygen atoms in total. The van der Waals surface area contributed by atoms with E-state index in [-0.39, 0.29) is 11.7 Å². The molecule has 1 aliphatic carbocycles. The number of halogens is 1. The molecule has 3 rings (SSSR count). The van der Waals surface area contributed by atoms with Crippen LogP contribution < -0.4 is 15.4 Å². The van der Waals surface area contributed by atoms with Gasteiger partial charge in [-0.3, -0.25) is 0 Å². The van der Waals surface area contributed by atoms with Gasteiger partial charge in [-0.1, -0.05) is 17.7 Å². The molecule has 2 aromatic rings. The van der Waals surface area contributed by atoms with Gasteiger partial charge in [-0.25, -0.2) is 4.98 Å². The topological polar surface area (TPSA) is 84.5 Å². The van der Waals surface area contributed by atoms with Crippen LogP contribution in [0.1, 0.15) is 18.4 Å². The number of anilines is 2. The van der Waals surface area contributed by atoms with E-state index in [1.807, 2.05) is 12.1 Å². The molecule has 1 aliphatic rings. The van der Waals surface area contributed by atoms with Gasteiger partial charge in [-0.05, 0) is 30.5 Å². The first-order valence-electron chi connectivity index (χ1n) is 6.99. The van der Waals surface area contributed by atoms with Crippen molar-refractivity contribution in [3.63, 3.8) is 0 Å². The van der Waals surface area contributed by atoms with E-state index >= 15 is 0 Å². The van der Waals surface area contributed by atoms with Gasteiger partial charge < -0.3 is 20.5 Å². The highest BCUT2D eigenvalue weighted by Gasteiger charge is 2.30. The van der Waals surface area contributed by atoms with Gasteiger partial charge in [0.15, 0.2) is 11.5 Å². The number of aromatic hydroxyl groups is 1. The summed E-state index contributed by atoms with van der Waals surface area (Å²) in [5.74, 6) is 1.45. The van der Waals surface area contributed by atoms with Crippen molar-refractivity contribution < 1.29 is 9.84 Å². The molecule has 0 bridgehead atoms. The number of methoxy groups -OCH3 is 1. The third-order valence-electron chi connectivity index (χ3n) is 3.58. The Morgan fingerprint density at radius 3 is 2.77 bits per heavy atom. The van der Waals surface area contributed by atoms with E-state index in [1.165, 1.54) is 7.11 Å². The van der Waals surface area contributed by atoms with Crippen LogP contribution in [0.2, 0.25) is 5.15 Å². The van der Waals surface area contributed by atoms with Crippen LogP contribution in [0.3, 0.4) is 0 Å². The molecule has 0 spiro atoms. The number of nitrogens with zero attached hydrogens (tertiary/aromatic N) is 3. The Kier molecular flexibility index (Phi) is 3.94. The van der Waals surface area contributed by atoms with Gasteiger partial charge in [-0.2, -0.15) is 4.98 Å². The SMILES string of the molecule is COc1cc(CN(c2cc(Cl)nc(N)n2)C2CC2)ccc1O. The second kappa shape index (κ2) is 5.88. The number of hydrogen-bond acceptors (Lipinski definition) is 6. The Balaban J connectivity index is 1.89. The molecule has 1 aromatic heterocycles. The molecule has 1 aromatic carbocycles. The summed E-state index contributed by atoms with van der Waals surface area (Å²) in [6, 6.07) is 7.44. The minimum Gasteiger partial charge on any atom is -0.504 e. The second-order valence-electron chi connectivity index (χ2n) is 5.27. The average molecular weight is 321 g/mol. The number of nitrogens with two attached hydrogens (primary N) is 1. The van der Waals surface area contributed by atoms with E-state index in [1.54, 1.807) is 12.1 Å². The lowest BCUT2D eigenvalue weighted by molar-refractivity contribution is 0.373. The zero-order valence-corrected chi connectivity index (χ0v) is 12.9. The summed E-state index contributed by atoms with van der Waals surface area (Å²) in [5, 5.41) is 10.0. The predicted octanol–water partition coefficient (Wildman–Crippen LogP) is 2.60. The van der Waals surface area contributed by atoms with Gasteiger partial charge in [0.1, 0.15) is 11.0 Å². The lowest BCUT2D eigenvalue weighted by atomic mass is 10.2. The zero-order valence-electron chi connectivity index (χ0n) is 12.2. The summed E-state index contributed by atoms with van der Waals surface area (Å²) in [5.41, 5.74) is 6.70. The fourth-order valence-electron chi connectivity index (χ4n) is 2.37. The lowest BCUT2D eigenvalue weighted by Gasteiger charge is -2.24. The van der Waals surface area contributed by atoms with Crippen molar-refractivity contribution in [1.82, 2.24) is 9.97 Å².